The molecule has 0 radical (unpaired) electrons. The molecule has 0 saturated heterocycles. The van der Waals surface area contributed by atoms with Crippen LogP contribution in [0.15, 0.2) is 36.4 Å². The topological polar surface area (TPSA) is 90.7 Å². The molecule has 0 unspecified atom stereocenters. The molecular formula is C18H17ClN2O5. The highest BCUT2D eigenvalue weighted by molar-refractivity contribution is 6.31. The quantitative estimate of drug-likeness (QED) is 0.634. The number of hydrogen-bond acceptors (Lipinski definition) is 5. The van der Waals surface area contributed by atoms with Crippen LogP contribution in [0.25, 0.3) is 0 Å². The lowest BCUT2D eigenvalue weighted by Crippen LogP contribution is -2.36. The maximum Gasteiger partial charge on any atom is 0.283 e. The number of nitro groups is 1. The van der Waals surface area contributed by atoms with E-state index in [1.807, 2.05) is 32.0 Å². The van der Waals surface area contributed by atoms with Crippen molar-refractivity contribution in [3.63, 3.8) is 0 Å². The molecule has 0 aromatic heterocycles. The molecular weight excluding hydrogens is 360 g/mol. The van der Waals surface area contributed by atoms with E-state index in [1.54, 1.807) is 0 Å². The van der Waals surface area contributed by atoms with E-state index in [0.717, 1.165) is 5.56 Å². The van der Waals surface area contributed by atoms with E-state index in [4.69, 9.17) is 21.1 Å². The summed E-state index contributed by atoms with van der Waals surface area (Å²) < 4.78 is 10.7. The average Bonchev–Trinajstić information content (AvgIpc) is 3.07. The third-order valence-electron chi connectivity index (χ3n) is 4.25. The summed E-state index contributed by atoms with van der Waals surface area (Å²) >= 11 is 5.78. The van der Waals surface area contributed by atoms with Crippen LogP contribution in [0.3, 0.4) is 0 Å². The Bertz CT molecular complexity index is 882. The van der Waals surface area contributed by atoms with Gasteiger partial charge in [-0.3, -0.25) is 14.9 Å². The summed E-state index contributed by atoms with van der Waals surface area (Å²) in [6, 6.07) is 9.57. The number of carbonyl (C=O) groups is 1. The van der Waals surface area contributed by atoms with E-state index in [9.17, 15) is 14.9 Å². The highest BCUT2D eigenvalue weighted by atomic mass is 35.5. The predicted octanol–water partition coefficient (Wildman–Crippen LogP) is 3.68. The van der Waals surface area contributed by atoms with Gasteiger partial charge in [0.15, 0.2) is 11.5 Å². The molecule has 1 aliphatic heterocycles. The number of hydrogen-bond donors (Lipinski definition) is 1. The second-order valence-electron chi connectivity index (χ2n) is 6.55. The molecule has 3 rings (SSSR count). The summed E-state index contributed by atoms with van der Waals surface area (Å²) in [6.07, 6.45) is 0. The van der Waals surface area contributed by atoms with Crippen molar-refractivity contribution >= 4 is 23.2 Å². The molecule has 2 aromatic rings. The second-order valence-corrected chi connectivity index (χ2v) is 6.99. The monoisotopic (exact) mass is 376 g/mol. The van der Waals surface area contributed by atoms with E-state index < -0.39 is 16.2 Å². The van der Waals surface area contributed by atoms with Gasteiger partial charge in [0.2, 0.25) is 6.79 Å². The lowest BCUT2D eigenvalue weighted by Gasteiger charge is -2.26. The molecule has 136 valence electrons. The molecule has 0 saturated carbocycles. The zero-order valence-corrected chi connectivity index (χ0v) is 15.0. The van der Waals surface area contributed by atoms with Crippen molar-refractivity contribution in [3.8, 4) is 11.5 Å². The Morgan fingerprint density at radius 1 is 1.23 bits per heavy atom. The van der Waals surface area contributed by atoms with Crippen LogP contribution in [0.2, 0.25) is 5.02 Å². The number of amides is 1. The third-order valence-corrected chi connectivity index (χ3v) is 4.48. The van der Waals surface area contributed by atoms with E-state index in [-0.39, 0.29) is 29.6 Å². The maximum absolute atomic E-state index is 12.4. The first-order valence-electron chi connectivity index (χ1n) is 7.90. The van der Waals surface area contributed by atoms with Gasteiger partial charge in [0.05, 0.1) is 4.92 Å². The molecule has 0 spiro atoms. The minimum atomic E-state index is -0.621. The summed E-state index contributed by atoms with van der Waals surface area (Å²) in [6.45, 7) is 4.39. The Labute approximate surface area is 155 Å². The SMILES string of the molecule is CC(C)(CNC(=O)c1ccc(Cl)cc1[N+](=O)[O-])c1ccc2c(c1)OCO2. The second kappa shape index (κ2) is 6.84. The Morgan fingerprint density at radius 3 is 2.69 bits per heavy atom. The van der Waals surface area contributed by atoms with Crippen LogP contribution in [0.5, 0.6) is 11.5 Å². The van der Waals surface area contributed by atoms with E-state index >= 15 is 0 Å². The fourth-order valence-electron chi connectivity index (χ4n) is 2.66. The number of rotatable bonds is 5. The first kappa shape index (κ1) is 18.0. The van der Waals surface area contributed by atoms with Crippen molar-refractivity contribution in [3.05, 3.63) is 62.7 Å². The molecule has 1 heterocycles. The fourth-order valence-corrected chi connectivity index (χ4v) is 2.83. The number of carbonyl (C=O) groups excluding carboxylic acids is 1. The van der Waals surface area contributed by atoms with Crippen molar-refractivity contribution in [1.82, 2.24) is 5.32 Å². The normalized spacial score (nSPS) is 12.7. The molecule has 0 fully saturated rings. The molecule has 8 heteroatoms. The third kappa shape index (κ3) is 3.57. The van der Waals surface area contributed by atoms with Crippen LogP contribution in [0.1, 0.15) is 29.8 Å². The summed E-state index contributed by atoms with van der Waals surface area (Å²) in [5.41, 5.74) is 0.183. The van der Waals surface area contributed by atoms with Gasteiger partial charge >= 0.3 is 0 Å². The highest BCUT2D eigenvalue weighted by Gasteiger charge is 2.26. The fraction of sp³-hybridized carbons (Fsp3) is 0.278. The van der Waals surface area contributed by atoms with Gasteiger partial charge in [-0.1, -0.05) is 31.5 Å². The van der Waals surface area contributed by atoms with Crippen LogP contribution >= 0.6 is 11.6 Å². The smallest absolute Gasteiger partial charge is 0.283 e. The summed E-state index contributed by atoms with van der Waals surface area (Å²) in [5, 5.41) is 14.1. The Kier molecular flexibility index (Phi) is 4.73. The van der Waals surface area contributed by atoms with Gasteiger partial charge in [0.1, 0.15) is 5.56 Å². The number of nitro benzene ring substituents is 1. The van der Waals surface area contributed by atoms with Crippen LogP contribution in [-0.4, -0.2) is 24.2 Å². The molecule has 0 atom stereocenters. The zero-order chi connectivity index (χ0) is 18.9. The van der Waals surface area contributed by atoms with Crippen LogP contribution in [0.4, 0.5) is 5.69 Å². The van der Waals surface area contributed by atoms with Gasteiger partial charge in [0, 0.05) is 23.0 Å². The molecule has 0 bridgehead atoms. The number of nitrogens with one attached hydrogen (secondary N) is 1. The Hall–Kier alpha value is -2.80. The van der Waals surface area contributed by atoms with Crippen LogP contribution < -0.4 is 14.8 Å². The Balaban J connectivity index is 1.76. The minimum Gasteiger partial charge on any atom is -0.454 e. The number of fused-ring (bicyclic) bond motifs is 1. The number of halogens is 1. The van der Waals surface area contributed by atoms with Crippen molar-refractivity contribution in [2.24, 2.45) is 0 Å². The van der Waals surface area contributed by atoms with Gasteiger partial charge in [0.25, 0.3) is 11.6 Å². The van der Waals surface area contributed by atoms with Gasteiger partial charge in [-0.15, -0.1) is 0 Å². The van der Waals surface area contributed by atoms with E-state index in [2.05, 4.69) is 5.32 Å². The van der Waals surface area contributed by atoms with Crippen molar-refractivity contribution in [2.75, 3.05) is 13.3 Å². The maximum atomic E-state index is 12.4. The highest BCUT2D eigenvalue weighted by Crippen LogP contribution is 2.36. The molecule has 1 amide bonds. The predicted molar refractivity (Wildman–Crippen MR) is 96.0 cm³/mol. The Morgan fingerprint density at radius 2 is 1.96 bits per heavy atom. The molecule has 7 nitrogen and oxygen atoms in total. The largest absolute Gasteiger partial charge is 0.454 e. The standard InChI is InChI=1S/C18H17ClN2O5/c1-18(2,11-3-6-15-16(7-11)26-10-25-15)9-20-17(22)13-5-4-12(19)8-14(13)21(23)24/h3-8H,9-10H2,1-2H3,(H,20,22). The summed E-state index contributed by atoms with van der Waals surface area (Å²) in [7, 11) is 0. The van der Waals surface area contributed by atoms with Crippen LogP contribution in [-0.2, 0) is 5.41 Å². The summed E-state index contributed by atoms with van der Waals surface area (Å²) in [4.78, 5) is 23.0. The van der Waals surface area contributed by atoms with Crippen molar-refractivity contribution < 1.29 is 19.2 Å². The molecule has 26 heavy (non-hydrogen) atoms. The van der Waals surface area contributed by atoms with Gasteiger partial charge in [-0.2, -0.15) is 0 Å². The zero-order valence-electron chi connectivity index (χ0n) is 14.2. The molecule has 1 aliphatic rings. The number of nitrogens with zero attached hydrogens (tertiary/aromatic N) is 1. The average molecular weight is 377 g/mol. The number of ether oxygens (including phenoxy) is 2. The van der Waals surface area contributed by atoms with Crippen molar-refractivity contribution in [2.45, 2.75) is 19.3 Å². The van der Waals surface area contributed by atoms with Crippen LogP contribution in [0, 0.1) is 10.1 Å². The van der Waals surface area contributed by atoms with Gasteiger partial charge in [-0.05, 0) is 29.8 Å². The first-order valence-corrected chi connectivity index (χ1v) is 8.28. The number of benzene rings is 2. The lowest BCUT2D eigenvalue weighted by atomic mass is 9.84. The van der Waals surface area contributed by atoms with E-state index in [0.29, 0.717) is 11.5 Å². The first-order chi connectivity index (χ1) is 12.3. The molecule has 0 aliphatic carbocycles. The van der Waals surface area contributed by atoms with Gasteiger partial charge in [-0.25, -0.2) is 0 Å². The van der Waals surface area contributed by atoms with Crippen molar-refractivity contribution in [1.29, 1.82) is 0 Å². The minimum absolute atomic E-state index is 0.0270. The van der Waals surface area contributed by atoms with Gasteiger partial charge < -0.3 is 14.8 Å². The molecule has 2 aromatic carbocycles. The summed E-state index contributed by atoms with van der Waals surface area (Å²) in [5.74, 6) is 0.822. The van der Waals surface area contributed by atoms with E-state index in [1.165, 1.54) is 18.2 Å². The lowest BCUT2D eigenvalue weighted by molar-refractivity contribution is -0.385. The molecule has 1 N–H and O–H groups in total.